The Morgan fingerprint density at radius 2 is 1.76 bits per heavy atom. The molecule has 0 aliphatic carbocycles. The minimum Gasteiger partial charge on any atom is -0.387 e. The van der Waals surface area contributed by atoms with Gasteiger partial charge in [-0.15, -0.1) is 0 Å². The molecule has 0 aromatic heterocycles. The lowest BCUT2D eigenvalue weighted by Gasteiger charge is -2.14. The van der Waals surface area contributed by atoms with Crippen LogP contribution in [0, 0.1) is 12.7 Å². The first-order valence-electron chi connectivity index (χ1n) is 6.39. The highest BCUT2D eigenvalue weighted by Crippen LogP contribution is 2.17. The van der Waals surface area contributed by atoms with Crippen LogP contribution < -0.4 is 4.72 Å². The lowest BCUT2D eigenvalue weighted by molar-refractivity contribution is 0.181. The van der Waals surface area contributed by atoms with Crippen LogP contribution in [0.1, 0.15) is 17.2 Å². The van der Waals surface area contributed by atoms with Crippen LogP contribution in [-0.4, -0.2) is 20.1 Å². The molecule has 112 valence electrons. The Balaban J connectivity index is 2.08. The smallest absolute Gasteiger partial charge is 0.240 e. The number of nitrogens with one attached hydrogen (secondary N) is 1. The number of aliphatic hydroxyl groups is 1. The fourth-order valence-corrected chi connectivity index (χ4v) is 2.99. The van der Waals surface area contributed by atoms with Crippen molar-refractivity contribution in [3.63, 3.8) is 0 Å². The number of hydrogen-bond acceptors (Lipinski definition) is 3. The third-order valence-corrected chi connectivity index (χ3v) is 4.58. The van der Waals surface area contributed by atoms with Crippen LogP contribution in [-0.2, 0) is 10.0 Å². The number of rotatable bonds is 5. The lowest BCUT2D eigenvalue weighted by Crippen LogP contribution is -2.28. The van der Waals surface area contributed by atoms with Crippen LogP contribution in [0.2, 0.25) is 0 Å². The molecule has 2 aromatic carbocycles. The van der Waals surface area contributed by atoms with Gasteiger partial charge in [-0.3, -0.25) is 0 Å². The van der Waals surface area contributed by atoms with Crippen molar-refractivity contribution in [2.24, 2.45) is 0 Å². The minimum absolute atomic E-state index is 0.0408. The third kappa shape index (κ3) is 3.87. The first-order chi connectivity index (χ1) is 9.90. The van der Waals surface area contributed by atoms with Crippen LogP contribution in [0.25, 0.3) is 0 Å². The van der Waals surface area contributed by atoms with E-state index in [4.69, 9.17) is 0 Å². The van der Waals surface area contributed by atoms with Crippen molar-refractivity contribution in [2.45, 2.75) is 17.9 Å². The quantitative estimate of drug-likeness (QED) is 0.889. The summed E-state index contributed by atoms with van der Waals surface area (Å²) < 4.78 is 39.2. The average molecular weight is 309 g/mol. The predicted octanol–water partition coefficient (Wildman–Crippen LogP) is 2.15. The molecule has 0 fully saturated rings. The monoisotopic (exact) mass is 309 g/mol. The number of hydrogen-bond donors (Lipinski definition) is 2. The maximum Gasteiger partial charge on any atom is 0.240 e. The van der Waals surface area contributed by atoms with Crippen molar-refractivity contribution in [1.82, 2.24) is 4.72 Å². The Morgan fingerprint density at radius 1 is 1.14 bits per heavy atom. The van der Waals surface area contributed by atoms with Gasteiger partial charge in [0.2, 0.25) is 10.0 Å². The van der Waals surface area contributed by atoms with E-state index in [1.165, 1.54) is 12.1 Å². The fourth-order valence-electron chi connectivity index (χ4n) is 1.96. The zero-order valence-electron chi connectivity index (χ0n) is 11.5. The highest BCUT2D eigenvalue weighted by atomic mass is 32.2. The third-order valence-electron chi connectivity index (χ3n) is 3.14. The fraction of sp³-hybridized carbons (Fsp3) is 0.200. The molecule has 0 bridgehead atoms. The first-order valence-corrected chi connectivity index (χ1v) is 7.87. The molecule has 2 N–H and O–H groups in total. The normalized spacial score (nSPS) is 13.1. The molecule has 2 aromatic rings. The summed E-state index contributed by atoms with van der Waals surface area (Å²) in [4.78, 5) is -0.0408. The molecule has 1 unspecified atom stereocenters. The van der Waals surface area contributed by atoms with Crippen LogP contribution in [0.4, 0.5) is 4.39 Å². The van der Waals surface area contributed by atoms with Crippen molar-refractivity contribution >= 4 is 10.0 Å². The standard InChI is InChI=1S/C15H16FNO3S/c1-11-4-2-3-5-14(11)15(18)10-17-21(19,20)13-8-6-12(16)7-9-13/h2-9,15,17-18H,10H2,1H3. The van der Waals surface area contributed by atoms with Crippen LogP contribution in [0.15, 0.2) is 53.4 Å². The number of benzene rings is 2. The van der Waals surface area contributed by atoms with Gasteiger partial charge >= 0.3 is 0 Å². The second kappa shape index (κ2) is 6.34. The summed E-state index contributed by atoms with van der Waals surface area (Å²) in [6.45, 7) is 1.69. The van der Waals surface area contributed by atoms with E-state index >= 15 is 0 Å². The summed E-state index contributed by atoms with van der Waals surface area (Å²) in [5.41, 5.74) is 1.55. The molecule has 0 aliphatic rings. The lowest BCUT2D eigenvalue weighted by atomic mass is 10.0. The average Bonchev–Trinajstić information content (AvgIpc) is 2.46. The van der Waals surface area contributed by atoms with Crippen molar-refractivity contribution in [3.05, 3.63) is 65.5 Å². The summed E-state index contributed by atoms with van der Waals surface area (Å²) in [6, 6.07) is 11.7. The van der Waals surface area contributed by atoms with E-state index in [0.29, 0.717) is 5.56 Å². The van der Waals surface area contributed by atoms with Crippen LogP contribution >= 0.6 is 0 Å². The predicted molar refractivity (Wildman–Crippen MR) is 77.7 cm³/mol. The van der Waals surface area contributed by atoms with Crippen molar-refractivity contribution in [3.8, 4) is 0 Å². The van der Waals surface area contributed by atoms with E-state index in [1.54, 1.807) is 12.1 Å². The van der Waals surface area contributed by atoms with Gasteiger partial charge in [0, 0.05) is 6.54 Å². The molecule has 0 saturated heterocycles. The number of halogens is 1. The van der Waals surface area contributed by atoms with Gasteiger partial charge < -0.3 is 5.11 Å². The van der Waals surface area contributed by atoms with E-state index in [9.17, 15) is 17.9 Å². The number of aliphatic hydroxyl groups excluding tert-OH is 1. The van der Waals surface area contributed by atoms with Crippen LogP contribution in [0.5, 0.6) is 0 Å². The summed E-state index contributed by atoms with van der Waals surface area (Å²) in [5, 5.41) is 10.1. The molecule has 2 rings (SSSR count). The van der Waals surface area contributed by atoms with E-state index in [2.05, 4.69) is 4.72 Å². The Bertz CT molecular complexity index is 714. The van der Waals surface area contributed by atoms with Crippen molar-refractivity contribution in [1.29, 1.82) is 0 Å². The Kier molecular flexibility index (Phi) is 4.72. The summed E-state index contributed by atoms with van der Waals surface area (Å²) in [5.74, 6) is -0.506. The summed E-state index contributed by atoms with van der Waals surface area (Å²) in [6.07, 6.45) is -0.943. The molecule has 0 amide bonds. The van der Waals surface area contributed by atoms with E-state index < -0.39 is 21.9 Å². The molecule has 0 spiro atoms. The summed E-state index contributed by atoms with van der Waals surface area (Å²) in [7, 11) is -3.77. The zero-order chi connectivity index (χ0) is 15.5. The van der Waals surface area contributed by atoms with Gasteiger partial charge in [-0.05, 0) is 42.3 Å². The molecule has 0 radical (unpaired) electrons. The highest BCUT2D eigenvalue weighted by molar-refractivity contribution is 7.89. The number of aryl methyl sites for hydroxylation is 1. The number of sulfonamides is 1. The van der Waals surface area contributed by atoms with Gasteiger partial charge in [0.05, 0.1) is 11.0 Å². The van der Waals surface area contributed by atoms with Gasteiger partial charge in [0.15, 0.2) is 0 Å². The van der Waals surface area contributed by atoms with Crippen molar-refractivity contribution < 1.29 is 17.9 Å². The molecule has 0 saturated carbocycles. The van der Waals surface area contributed by atoms with Gasteiger partial charge in [-0.2, -0.15) is 0 Å². The van der Waals surface area contributed by atoms with Crippen LogP contribution in [0.3, 0.4) is 0 Å². The topological polar surface area (TPSA) is 66.4 Å². The Morgan fingerprint density at radius 3 is 2.38 bits per heavy atom. The first kappa shape index (κ1) is 15.6. The molecule has 21 heavy (non-hydrogen) atoms. The molecule has 0 aliphatic heterocycles. The van der Waals surface area contributed by atoms with E-state index in [-0.39, 0.29) is 11.4 Å². The van der Waals surface area contributed by atoms with Gasteiger partial charge in [-0.1, -0.05) is 24.3 Å². The second-order valence-corrected chi connectivity index (χ2v) is 6.45. The zero-order valence-corrected chi connectivity index (χ0v) is 12.3. The van der Waals surface area contributed by atoms with E-state index in [0.717, 1.165) is 17.7 Å². The Labute approximate surface area is 123 Å². The summed E-state index contributed by atoms with van der Waals surface area (Å²) >= 11 is 0. The minimum atomic E-state index is -3.77. The van der Waals surface area contributed by atoms with Crippen molar-refractivity contribution in [2.75, 3.05) is 6.54 Å². The molecular weight excluding hydrogens is 293 g/mol. The van der Waals surface area contributed by atoms with Gasteiger partial charge in [0.1, 0.15) is 5.82 Å². The van der Waals surface area contributed by atoms with Gasteiger partial charge in [-0.25, -0.2) is 17.5 Å². The van der Waals surface area contributed by atoms with Gasteiger partial charge in [0.25, 0.3) is 0 Å². The largest absolute Gasteiger partial charge is 0.387 e. The molecular formula is C15H16FNO3S. The SMILES string of the molecule is Cc1ccccc1C(O)CNS(=O)(=O)c1ccc(F)cc1. The molecule has 4 nitrogen and oxygen atoms in total. The second-order valence-electron chi connectivity index (χ2n) is 4.68. The Hall–Kier alpha value is -1.76. The maximum atomic E-state index is 12.8. The van der Waals surface area contributed by atoms with E-state index in [1.807, 2.05) is 19.1 Å². The maximum absolute atomic E-state index is 12.8. The molecule has 1 atom stereocenters. The molecule has 0 heterocycles. The highest BCUT2D eigenvalue weighted by Gasteiger charge is 2.17. The molecule has 6 heteroatoms.